The summed E-state index contributed by atoms with van der Waals surface area (Å²) >= 11 is 0. The van der Waals surface area contributed by atoms with Crippen LogP contribution >= 0.6 is 0 Å². The first-order valence-electron chi connectivity index (χ1n) is 2.79. The van der Waals surface area contributed by atoms with Crippen molar-refractivity contribution in [2.75, 3.05) is 0 Å². The Morgan fingerprint density at radius 2 is 2.50 bits per heavy atom. The lowest BCUT2D eigenvalue weighted by atomic mass is 10.3. The Morgan fingerprint density at radius 3 is 3.10 bits per heavy atom. The molecule has 0 aliphatic heterocycles. The van der Waals surface area contributed by atoms with E-state index in [0.29, 0.717) is 5.69 Å². The summed E-state index contributed by atoms with van der Waals surface area (Å²) in [7, 11) is 0. The maximum atomic E-state index is 9.04. The van der Waals surface area contributed by atoms with Crippen LogP contribution in [0.2, 0.25) is 0 Å². The zero-order valence-electron chi connectivity index (χ0n) is 5.32. The van der Waals surface area contributed by atoms with Gasteiger partial charge in [-0.1, -0.05) is 0 Å². The molecule has 0 saturated carbocycles. The fraction of sp³-hybridized carbons (Fsp3) is 0.167. The number of pyridine rings is 1. The highest BCUT2D eigenvalue weighted by Crippen LogP contribution is 2.11. The molecule has 54 valence electrons. The highest BCUT2D eigenvalue weighted by atomic mass is 16.6. The molecular formula is C6H8N2O2. The molecule has 0 aliphatic rings. The van der Waals surface area contributed by atoms with E-state index in [0.717, 1.165) is 0 Å². The summed E-state index contributed by atoms with van der Waals surface area (Å²) in [6.07, 6.45) is 1.56. The molecule has 1 aromatic rings. The standard InChI is InChI=1S/C6H8N2O2/c7-10-4-5-6(9)2-1-3-8-5/h1-3,9H,4,7H2. The Bertz CT molecular complexity index is 215. The van der Waals surface area contributed by atoms with Crippen molar-refractivity contribution in [3.8, 4) is 5.75 Å². The summed E-state index contributed by atoms with van der Waals surface area (Å²) in [6.45, 7) is 0.132. The molecule has 0 spiro atoms. The molecule has 0 radical (unpaired) electrons. The van der Waals surface area contributed by atoms with Crippen LogP contribution in [0.1, 0.15) is 5.69 Å². The molecule has 0 atom stereocenters. The summed E-state index contributed by atoms with van der Waals surface area (Å²) in [5.41, 5.74) is 0.449. The minimum absolute atomic E-state index is 0.105. The van der Waals surface area contributed by atoms with Gasteiger partial charge in [-0.15, -0.1) is 0 Å². The zero-order valence-corrected chi connectivity index (χ0v) is 5.32. The number of nitrogens with two attached hydrogens (primary N) is 1. The molecule has 1 heterocycles. The van der Waals surface area contributed by atoms with Gasteiger partial charge in [-0.3, -0.25) is 9.82 Å². The Balaban J connectivity index is 2.81. The highest BCUT2D eigenvalue weighted by molar-refractivity contribution is 5.23. The van der Waals surface area contributed by atoms with Gasteiger partial charge in [-0.25, -0.2) is 5.90 Å². The van der Waals surface area contributed by atoms with Crippen molar-refractivity contribution in [1.82, 2.24) is 4.98 Å². The van der Waals surface area contributed by atoms with Crippen molar-refractivity contribution in [2.45, 2.75) is 6.61 Å². The molecule has 1 rings (SSSR count). The molecule has 10 heavy (non-hydrogen) atoms. The van der Waals surface area contributed by atoms with E-state index in [1.807, 2.05) is 0 Å². The second-order valence-electron chi connectivity index (χ2n) is 1.78. The number of hydrogen-bond donors (Lipinski definition) is 2. The minimum atomic E-state index is 0.105. The number of nitrogens with zero attached hydrogens (tertiary/aromatic N) is 1. The van der Waals surface area contributed by atoms with Crippen LogP contribution in [0.5, 0.6) is 5.75 Å². The lowest BCUT2D eigenvalue weighted by molar-refractivity contribution is 0.119. The summed E-state index contributed by atoms with van der Waals surface area (Å²) in [6, 6.07) is 3.16. The van der Waals surface area contributed by atoms with Crippen LogP contribution in [0, 0.1) is 0 Å². The second kappa shape index (κ2) is 3.14. The smallest absolute Gasteiger partial charge is 0.139 e. The molecule has 0 unspecified atom stereocenters. The Kier molecular flexibility index (Phi) is 2.20. The van der Waals surface area contributed by atoms with Crippen molar-refractivity contribution in [2.24, 2.45) is 5.90 Å². The number of hydrogen-bond acceptors (Lipinski definition) is 4. The maximum Gasteiger partial charge on any atom is 0.139 e. The number of aromatic nitrogens is 1. The third kappa shape index (κ3) is 1.43. The van der Waals surface area contributed by atoms with Gasteiger partial charge in [0.15, 0.2) is 0 Å². The number of rotatable bonds is 2. The first kappa shape index (κ1) is 6.98. The van der Waals surface area contributed by atoms with Gasteiger partial charge < -0.3 is 5.11 Å². The Hall–Kier alpha value is -1.13. The normalized spacial score (nSPS) is 9.70. The van der Waals surface area contributed by atoms with E-state index in [1.165, 1.54) is 6.07 Å². The van der Waals surface area contributed by atoms with Crippen LogP contribution in [-0.4, -0.2) is 10.1 Å². The van der Waals surface area contributed by atoms with Gasteiger partial charge in [0.25, 0.3) is 0 Å². The van der Waals surface area contributed by atoms with Gasteiger partial charge in [-0.05, 0) is 12.1 Å². The lowest BCUT2D eigenvalue weighted by Crippen LogP contribution is -2.00. The van der Waals surface area contributed by atoms with E-state index in [-0.39, 0.29) is 12.4 Å². The van der Waals surface area contributed by atoms with Crippen molar-refractivity contribution >= 4 is 0 Å². The zero-order chi connectivity index (χ0) is 7.40. The van der Waals surface area contributed by atoms with Gasteiger partial charge in [0.2, 0.25) is 0 Å². The van der Waals surface area contributed by atoms with Crippen LogP contribution in [0.15, 0.2) is 18.3 Å². The minimum Gasteiger partial charge on any atom is -0.506 e. The first-order valence-corrected chi connectivity index (χ1v) is 2.79. The van der Waals surface area contributed by atoms with Gasteiger partial charge >= 0.3 is 0 Å². The van der Waals surface area contributed by atoms with E-state index < -0.39 is 0 Å². The Labute approximate surface area is 58.2 Å². The topological polar surface area (TPSA) is 68.4 Å². The van der Waals surface area contributed by atoms with Crippen molar-refractivity contribution < 1.29 is 9.94 Å². The van der Waals surface area contributed by atoms with E-state index in [2.05, 4.69) is 9.82 Å². The van der Waals surface area contributed by atoms with Crippen LogP contribution < -0.4 is 5.90 Å². The van der Waals surface area contributed by atoms with Gasteiger partial charge in [0, 0.05) is 6.20 Å². The molecule has 0 fully saturated rings. The van der Waals surface area contributed by atoms with Crippen molar-refractivity contribution in [3.05, 3.63) is 24.0 Å². The SMILES string of the molecule is NOCc1ncccc1O. The summed E-state index contributed by atoms with van der Waals surface area (Å²) in [4.78, 5) is 8.10. The van der Waals surface area contributed by atoms with Gasteiger partial charge in [0.05, 0.1) is 0 Å². The molecule has 0 aliphatic carbocycles. The second-order valence-corrected chi connectivity index (χ2v) is 1.78. The summed E-state index contributed by atoms with van der Waals surface area (Å²) in [5, 5.41) is 9.04. The Morgan fingerprint density at radius 1 is 1.70 bits per heavy atom. The predicted octanol–water partition coefficient (Wildman–Crippen LogP) is 0.177. The van der Waals surface area contributed by atoms with Crippen molar-refractivity contribution in [1.29, 1.82) is 0 Å². The third-order valence-electron chi connectivity index (χ3n) is 1.09. The fourth-order valence-electron chi connectivity index (χ4n) is 0.620. The van der Waals surface area contributed by atoms with E-state index in [9.17, 15) is 0 Å². The maximum absolute atomic E-state index is 9.04. The van der Waals surface area contributed by atoms with E-state index >= 15 is 0 Å². The van der Waals surface area contributed by atoms with Crippen LogP contribution in [0.3, 0.4) is 0 Å². The predicted molar refractivity (Wildman–Crippen MR) is 34.9 cm³/mol. The average Bonchev–Trinajstić information content (AvgIpc) is 1.94. The quantitative estimate of drug-likeness (QED) is 0.575. The summed E-state index contributed by atoms with van der Waals surface area (Å²) < 4.78 is 0. The largest absolute Gasteiger partial charge is 0.506 e. The number of aromatic hydroxyl groups is 1. The van der Waals surface area contributed by atoms with Gasteiger partial charge in [-0.2, -0.15) is 0 Å². The van der Waals surface area contributed by atoms with Gasteiger partial charge in [0.1, 0.15) is 18.1 Å². The molecule has 4 heteroatoms. The van der Waals surface area contributed by atoms with Crippen molar-refractivity contribution in [3.63, 3.8) is 0 Å². The van der Waals surface area contributed by atoms with E-state index in [1.54, 1.807) is 12.3 Å². The lowest BCUT2D eigenvalue weighted by Gasteiger charge is -1.98. The third-order valence-corrected chi connectivity index (χ3v) is 1.09. The van der Waals surface area contributed by atoms with Crippen LogP contribution in [0.4, 0.5) is 0 Å². The molecule has 3 N–H and O–H groups in total. The molecule has 0 aromatic carbocycles. The van der Waals surface area contributed by atoms with E-state index in [4.69, 9.17) is 11.0 Å². The molecule has 4 nitrogen and oxygen atoms in total. The molecule has 1 aromatic heterocycles. The highest BCUT2D eigenvalue weighted by Gasteiger charge is 1.98. The molecule has 0 amide bonds. The molecule has 0 bridgehead atoms. The average molecular weight is 140 g/mol. The first-order chi connectivity index (χ1) is 4.84. The van der Waals surface area contributed by atoms with Crippen LogP contribution in [-0.2, 0) is 11.4 Å². The molecule has 0 saturated heterocycles. The summed E-state index contributed by atoms with van der Waals surface area (Å²) in [5.74, 6) is 4.88. The van der Waals surface area contributed by atoms with Crippen LogP contribution in [0.25, 0.3) is 0 Å². The molecular weight excluding hydrogens is 132 g/mol. The monoisotopic (exact) mass is 140 g/mol. The fourth-order valence-corrected chi connectivity index (χ4v) is 0.620.